The Morgan fingerprint density at radius 2 is 1.71 bits per heavy atom. The van der Waals surface area contributed by atoms with Crippen LogP contribution in [-0.4, -0.2) is 18.1 Å². The molecule has 1 aromatic heterocycles. The normalized spacial score (nSPS) is 11.0. The Labute approximate surface area is 188 Å². The van der Waals surface area contributed by atoms with E-state index in [9.17, 15) is 9.18 Å². The van der Waals surface area contributed by atoms with Crippen LogP contribution in [0.4, 0.5) is 20.6 Å². The maximum absolute atomic E-state index is 14.0. The van der Waals surface area contributed by atoms with Gasteiger partial charge in [-0.05, 0) is 35.7 Å². The number of carbonyl (C=O) groups excluding carboxylic acids is 1. The van der Waals surface area contributed by atoms with Crippen LogP contribution in [0, 0.1) is 5.82 Å². The molecule has 162 valence electrons. The van der Waals surface area contributed by atoms with Crippen LogP contribution in [-0.2, 0) is 5.41 Å². The molecule has 8 heteroatoms. The van der Waals surface area contributed by atoms with Crippen molar-refractivity contribution in [3.05, 3.63) is 70.5 Å². The van der Waals surface area contributed by atoms with Crippen molar-refractivity contribution in [2.24, 2.45) is 0 Å². The van der Waals surface area contributed by atoms with Crippen LogP contribution in [0.2, 0.25) is 0 Å². The molecule has 2 amide bonds. The second-order valence-corrected chi connectivity index (χ2v) is 8.67. The van der Waals surface area contributed by atoms with Gasteiger partial charge in [-0.1, -0.05) is 54.9 Å². The Bertz CT molecular complexity index is 1100. The number of nitrogens with zero attached hydrogens (tertiary/aromatic N) is 1. The minimum Gasteiger partial charge on any atom is -0.481 e. The molecular weight excluding hydrogens is 465 g/mol. The first-order valence-corrected chi connectivity index (χ1v) is 10.3. The number of nitrogens with one attached hydrogen (secondary N) is 2. The number of para-hydroxylation sites is 1. The molecule has 0 radical (unpaired) electrons. The van der Waals surface area contributed by atoms with Crippen LogP contribution in [0.25, 0.3) is 0 Å². The smallest absolute Gasteiger partial charge is 0.323 e. The van der Waals surface area contributed by atoms with E-state index in [4.69, 9.17) is 9.47 Å². The summed E-state index contributed by atoms with van der Waals surface area (Å²) in [5.74, 6) is 0.529. The predicted molar refractivity (Wildman–Crippen MR) is 123 cm³/mol. The van der Waals surface area contributed by atoms with E-state index in [1.165, 1.54) is 19.2 Å². The Kier molecular flexibility index (Phi) is 6.80. The second-order valence-electron chi connectivity index (χ2n) is 7.76. The van der Waals surface area contributed by atoms with Gasteiger partial charge in [0.2, 0.25) is 11.8 Å². The molecule has 0 fully saturated rings. The number of hydrogen-bond donors (Lipinski definition) is 2. The number of aromatic nitrogens is 1. The summed E-state index contributed by atoms with van der Waals surface area (Å²) in [5, 5.41) is 5.14. The SMILES string of the molecule is COc1ccc(NC(=O)Nc2ccc(Br)cc2F)c(Oc2ccccc2C(C)(C)C)n1. The van der Waals surface area contributed by atoms with Gasteiger partial charge in [0.05, 0.1) is 12.8 Å². The molecule has 0 saturated carbocycles. The lowest BCUT2D eigenvalue weighted by Crippen LogP contribution is -2.21. The molecule has 0 aliphatic heterocycles. The van der Waals surface area contributed by atoms with E-state index in [2.05, 4.69) is 52.3 Å². The number of pyridine rings is 1. The molecule has 0 atom stereocenters. The molecule has 0 saturated heterocycles. The highest BCUT2D eigenvalue weighted by atomic mass is 79.9. The van der Waals surface area contributed by atoms with Crippen LogP contribution in [0.3, 0.4) is 0 Å². The fraction of sp³-hybridized carbons (Fsp3) is 0.217. The minimum absolute atomic E-state index is 0.0442. The van der Waals surface area contributed by atoms with Gasteiger partial charge in [0.15, 0.2) is 0 Å². The van der Waals surface area contributed by atoms with Gasteiger partial charge < -0.3 is 20.1 Å². The van der Waals surface area contributed by atoms with E-state index in [1.807, 2.05) is 24.3 Å². The monoisotopic (exact) mass is 487 g/mol. The van der Waals surface area contributed by atoms with Crippen molar-refractivity contribution < 1.29 is 18.7 Å². The van der Waals surface area contributed by atoms with Crippen molar-refractivity contribution in [2.45, 2.75) is 26.2 Å². The topological polar surface area (TPSA) is 72.5 Å². The van der Waals surface area contributed by atoms with Gasteiger partial charge in [-0.3, -0.25) is 0 Å². The predicted octanol–water partition coefficient (Wildman–Crippen LogP) is 6.73. The molecule has 0 bridgehead atoms. The summed E-state index contributed by atoms with van der Waals surface area (Å²) in [5.41, 5.74) is 1.16. The molecule has 3 rings (SSSR count). The van der Waals surface area contributed by atoms with E-state index in [-0.39, 0.29) is 17.0 Å². The summed E-state index contributed by atoms with van der Waals surface area (Å²) in [7, 11) is 1.49. The molecule has 2 N–H and O–H groups in total. The van der Waals surface area contributed by atoms with Crippen LogP contribution in [0.1, 0.15) is 26.3 Å². The zero-order valence-electron chi connectivity index (χ0n) is 17.6. The standard InChI is InChI=1S/C23H23BrFN3O3/c1-23(2,3)15-7-5-6-8-19(15)31-21-18(11-12-20(28-21)30-4)27-22(29)26-17-10-9-14(24)13-16(17)25/h5-13H,1-4H3,(H2,26,27,29). The lowest BCUT2D eigenvalue weighted by molar-refractivity contribution is 0.262. The van der Waals surface area contributed by atoms with Gasteiger partial charge in [-0.2, -0.15) is 4.98 Å². The summed E-state index contributed by atoms with van der Waals surface area (Å²) < 4.78 is 25.9. The third-order valence-electron chi connectivity index (χ3n) is 4.37. The maximum Gasteiger partial charge on any atom is 0.323 e. The molecule has 3 aromatic rings. The fourth-order valence-corrected chi connectivity index (χ4v) is 3.19. The Morgan fingerprint density at radius 1 is 1.03 bits per heavy atom. The number of urea groups is 1. The van der Waals surface area contributed by atoms with E-state index < -0.39 is 11.8 Å². The van der Waals surface area contributed by atoms with Gasteiger partial charge in [0, 0.05) is 16.1 Å². The highest BCUT2D eigenvalue weighted by Crippen LogP contribution is 2.36. The van der Waals surface area contributed by atoms with Crippen LogP contribution >= 0.6 is 15.9 Å². The third kappa shape index (κ3) is 5.73. The van der Waals surface area contributed by atoms with Gasteiger partial charge in [-0.15, -0.1) is 0 Å². The number of carbonyl (C=O) groups is 1. The Morgan fingerprint density at radius 3 is 2.39 bits per heavy atom. The van der Waals surface area contributed by atoms with Gasteiger partial charge >= 0.3 is 6.03 Å². The van der Waals surface area contributed by atoms with Gasteiger partial charge in [-0.25, -0.2) is 9.18 Å². The molecular formula is C23H23BrFN3O3. The quantitative estimate of drug-likeness (QED) is 0.418. The summed E-state index contributed by atoms with van der Waals surface area (Å²) in [6, 6.07) is 14.5. The zero-order valence-corrected chi connectivity index (χ0v) is 19.2. The lowest BCUT2D eigenvalue weighted by Gasteiger charge is -2.23. The highest BCUT2D eigenvalue weighted by molar-refractivity contribution is 9.10. The number of amides is 2. The molecule has 31 heavy (non-hydrogen) atoms. The first-order valence-electron chi connectivity index (χ1n) is 9.53. The van der Waals surface area contributed by atoms with Crippen LogP contribution in [0.5, 0.6) is 17.5 Å². The molecule has 0 aliphatic rings. The van der Waals surface area contributed by atoms with E-state index in [0.29, 0.717) is 21.8 Å². The maximum atomic E-state index is 14.0. The van der Waals surface area contributed by atoms with Crippen LogP contribution < -0.4 is 20.1 Å². The molecule has 2 aromatic carbocycles. The Balaban J connectivity index is 1.88. The van der Waals surface area contributed by atoms with Crippen molar-refractivity contribution in [1.29, 1.82) is 0 Å². The second kappa shape index (κ2) is 9.34. The van der Waals surface area contributed by atoms with E-state index >= 15 is 0 Å². The van der Waals surface area contributed by atoms with Crippen LogP contribution in [0.15, 0.2) is 59.1 Å². The molecule has 0 aliphatic carbocycles. The first kappa shape index (κ1) is 22.6. The minimum atomic E-state index is -0.637. The Hall–Kier alpha value is -3.13. The van der Waals surface area contributed by atoms with Crippen molar-refractivity contribution in [2.75, 3.05) is 17.7 Å². The number of halogens is 2. The molecule has 6 nitrogen and oxygen atoms in total. The summed E-state index contributed by atoms with van der Waals surface area (Å²) >= 11 is 3.19. The highest BCUT2D eigenvalue weighted by Gasteiger charge is 2.21. The van der Waals surface area contributed by atoms with Crippen molar-refractivity contribution >= 4 is 33.3 Å². The number of benzene rings is 2. The number of rotatable bonds is 5. The molecule has 1 heterocycles. The number of anilines is 2. The van der Waals surface area contributed by atoms with E-state index in [1.54, 1.807) is 18.2 Å². The van der Waals surface area contributed by atoms with Crippen molar-refractivity contribution in [1.82, 2.24) is 4.98 Å². The fourth-order valence-electron chi connectivity index (χ4n) is 2.86. The third-order valence-corrected chi connectivity index (χ3v) is 4.87. The summed E-state index contributed by atoms with van der Waals surface area (Å²) in [6.45, 7) is 6.23. The summed E-state index contributed by atoms with van der Waals surface area (Å²) in [4.78, 5) is 16.8. The van der Waals surface area contributed by atoms with Crippen molar-refractivity contribution in [3.8, 4) is 17.5 Å². The first-order chi connectivity index (χ1) is 14.7. The average molecular weight is 488 g/mol. The molecule has 0 spiro atoms. The number of hydrogen-bond acceptors (Lipinski definition) is 4. The van der Waals surface area contributed by atoms with Gasteiger partial charge in [0.25, 0.3) is 0 Å². The van der Waals surface area contributed by atoms with Crippen molar-refractivity contribution in [3.63, 3.8) is 0 Å². The molecule has 0 unspecified atom stereocenters. The number of ether oxygens (including phenoxy) is 2. The van der Waals surface area contributed by atoms with E-state index in [0.717, 1.165) is 5.56 Å². The summed E-state index contributed by atoms with van der Waals surface area (Å²) in [6.07, 6.45) is 0. The zero-order chi connectivity index (χ0) is 22.6. The number of methoxy groups -OCH3 is 1. The van der Waals surface area contributed by atoms with Gasteiger partial charge in [0.1, 0.15) is 17.3 Å². The largest absolute Gasteiger partial charge is 0.481 e. The average Bonchev–Trinajstić information content (AvgIpc) is 2.71. The lowest BCUT2D eigenvalue weighted by atomic mass is 9.86.